The highest BCUT2D eigenvalue weighted by Gasteiger charge is 2.12. The molecule has 0 spiro atoms. The Morgan fingerprint density at radius 3 is 2.71 bits per heavy atom. The summed E-state index contributed by atoms with van der Waals surface area (Å²) in [5.74, 6) is -0.864. The smallest absolute Gasteiger partial charge is 0.309 e. The predicted molar refractivity (Wildman–Crippen MR) is 46.5 cm³/mol. The molecule has 1 aromatic heterocycles. The van der Waals surface area contributed by atoms with Gasteiger partial charge in [-0.05, 0) is 6.07 Å². The van der Waals surface area contributed by atoms with Crippen LogP contribution in [0.3, 0.4) is 0 Å². The van der Waals surface area contributed by atoms with Gasteiger partial charge in [-0.2, -0.15) is 4.57 Å². The highest BCUT2D eigenvalue weighted by Crippen LogP contribution is 2.04. The number of rotatable bonds is 4. The van der Waals surface area contributed by atoms with Gasteiger partial charge in [0.2, 0.25) is 11.9 Å². The molecule has 0 amide bonds. The van der Waals surface area contributed by atoms with Gasteiger partial charge in [0, 0.05) is 6.07 Å². The molecule has 14 heavy (non-hydrogen) atoms. The number of aliphatic hydroxyl groups excluding tert-OH is 1. The number of aromatic hydroxyl groups is 1. The average molecular weight is 198 g/mol. The number of carbonyl (C=O) groups is 1. The van der Waals surface area contributed by atoms with E-state index in [1.807, 2.05) is 0 Å². The minimum atomic E-state index is -0.912. The fourth-order valence-corrected chi connectivity index (χ4v) is 1.13. The van der Waals surface area contributed by atoms with E-state index in [2.05, 4.69) is 0 Å². The van der Waals surface area contributed by atoms with Gasteiger partial charge in [0.05, 0.1) is 0 Å². The first-order valence-electron chi connectivity index (χ1n) is 4.17. The topological polar surface area (TPSA) is 81.6 Å². The van der Waals surface area contributed by atoms with Crippen LogP contribution >= 0.6 is 0 Å². The number of pyridine rings is 1. The summed E-state index contributed by atoms with van der Waals surface area (Å²) in [4.78, 5) is 10.3. The molecule has 0 aliphatic carbocycles. The Morgan fingerprint density at radius 2 is 2.14 bits per heavy atom. The van der Waals surface area contributed by atoms with Crippen LogP contribution in [-0.2, 0) is 17.9 Å². The lowest BCUT2D eigenvalue weighted by Crippen LogP contribution is -2.38. The van der Waals surface area contributed by atoms with Gasteiger partial charge < -0.3 is 15.3 Å². The summed E-state index contributed by atoms with van der Waals surface area (Å²) >= 11 is 0. The molecule has 0 aromatic carbocycles. The second-order valence-electron chi connectivity index (χ2n) is 2.87. The van der Waals surface area contributed by atoms with Crippen LogP contribution in [-0.4, -0.2) is 21.3 Å². The van der Waals surface area contributed by atoms with Crippen molar-refractivity contribution in [1.29, 1.82) is 0 Å². The fraction of sp³-hybridized carbons (Fsp3) is 0.333. The Labute approximate surface area is 80.9 Å². The van der Waals surface area contributed by atoms with Crippen LogP contribution in [0.2, 0.25) is 0 Å². The molecule has 0 fully saturated rings. The number of aliphatic hydroxyl groups is 1. The third kappa shape index (κ3) is 2.70. The molecule has 0 aliphatic heterocycles. The molecular formula is C9H12NO4+. The second kappa shape index (κ2) is 4.57. The first-order chi connectivity index (χ1) is 6.63. The van der Waals surface area contributed by atoms with Crippen molar-refractivity contribution in [3.8, 4) is 5.75 Å². The predicted octanol–water partition coefficient (Wildman–Crippen LogP) is -0.353. The van der Waals surface area contributed by atoms with Gasteiger partial charge in [-0.3, -0.25) is 4.79 Å². The van der Waals surface area contributed by atoms with Crippen molar-refractivity contribution in [3.05, 3.63) is 24.0 Å². The summed E-state index contributed by atoms with van der Waals surface area (Å²) in [6, 6.07) is 3.00. The summed E-state index contributed by atoms with van der Waals surface area (Å²) in [5.41, 5.74) is 0.573. The number of hydrogen-bond donors (Lipinski definition) is 3. The second-order valence-corrected chi connectivity index (χ2v) is 2.87. The van der Waals surface area contributed by atoms with Gasteiger partial charge in [-0.15, -0.1) is 0 Å². The number of hydrogen-bond acceptors (Lipinski definition) is 3. The molecule has 76 valence electrons. The Hall–Kier alpha value is -1.62. The fourth-order valence-electron chi connectivity index (χ4n) is 1.13. The van der Waals surface area contributed by atoms with Crippen LogP contribution in [0.4, 0.5) is 0 Å². The maximum Gasteiger partial charge on any atom is 0.309 e. The van der Waals surface area contributed by atoms with Crippen molar-refractivity contribution in [1.82, 2.24) is 0 Å². The van der Waals surface area contributed by atoms with E-state index in [1.54, 1.807) is 6.07 Å². The first-order valence-corrected chi connectivity index (χ1v) is 4.17. The molecule has 3 N–H and O–H groups in total. The first kappa shape index (κ1) is 10.5. The minimum Gasteiger partial charge on any atom is -0.503 e. The summed E-state index contributed by atoms with van der Waals surface area (Å²) < 4.78 is 1.52. The molecule has 0 unspecified atom stereocenters. The summed E-state index contributed by atoms with van der Waals surface area (Å²) in [7, 11) is 0. The molecule has 0 saturated carbocycles. The maximum absolute atomic E-state index is 10.3. The zero-order valence-corrected chi connectivity index (χ0v) is 7.55. The van der Waals surface area contributed by atoms with Gasteiger partial charge in [-0.25, -0.2) is 0 Å². The highest BCUT2D eigenvalue weighted by atomic mass is 16.4. The lowest BCUT2D eigenvalue weighted by Gasteiger charge is -2.00. The molecule has 5 heteroatoms. The van der Waals surface area contributed by atoms with E-state index in [9.17, 15) is 4.79 Å². The van der Waals surface area contributed by atoms with Crippen molar-refractivity contribution in [3.63, 3.8) is 0 Å². The molecular weight excluding hydrogens is 186 g/mol. The van der Waals surface area contributed by atoms with E-state index >= 15 is 0 Å². The number of carboxylic acid groups (broad SMARTS) is 1. The zero-order valence-electron chi connectivity index (χ0n) is 7.55. The molecule has 0 atom stereocenters. The monoisotopic (exact) mass is 198 g/mol. The summed E-state index contributed by atoms with van der Waals surface area (Å²) in [6.45, 7) is 0.0551. The van der Waals surface area contributed by atoms with Crippen molar-refractivity contribution < 1.29 is 24.7 Å². The van der Waals surface area contributed by atoms with Gasteiger partial charge in [0.25, 0.3) is 0 Å². The van der Waals surface area contributed by atoms with E-state index in [4.69, 9.17) is 15.3 Å². The van der Waals surface area contributed by atoms with Crippen LogP contribution in [0.15, 0.2) is 18.3 Å². The SMILES string of the molecule is O=C(O)CC[n+]1cc(O)ccc1CO. The van der Waals surface area contributed by atoms with Gasteiger partial charge in [0.15, 0.2) is 12.3 Å². The normalized spacial score (nSPS) is 10.1. The highest BCUT2D eigenvalue weighted by molar-refractivity contribution is 5.66. The Bertz CT molecular complexity index is 338. The van der Waals surface area contributed by atoms with Crippen molar-refractivity contribution in [2.45, 2.75) is 19.6 Å². The van der Waals surface area contributed by atoms with Crippen LogP contribution in [0.1, 0.15) is 12.1 Å². The Balaban J connectivity index is 2.82. The van der Waals surface area contributed by atoms with Gasteiger partial charge in [-0.1, -0.05) is 0 Å². The molecule has 0 radical (unpaired) electrons. The van der Waals surface area contributed by atoms with E-state index in [0.717, 1.165) is 0 Å². The van der Waals surface area contributed by atoms with Crippen LogP contribution < -0.4 is 4.57 Å². The molecule has 0 saturated heterocycles. The van der Waals surface area contributed by atoms with E-state index < -0.39 is 5.97 Å². The maximum atomic E-state index is 10.3. The van der Waals surface area contributed by atoms with Crippen molar-refractivity contribution in [2.75, 3.05) is 0 Å². The summed E-state index contributed by atoms with van der Waals surface area (Å²) in [5, 5.41) is 26.5. The Kier molecular flexibility index (Phi) is 3.41. The average Bonchev–Trinajstić information content (AvgIpc) is 2.15. The van der Waals surface area contributed by atoms with Crippen LogP contribution in [0, 0.1) is 0 Å². The van der Waals surface area contributed by atoms with Crippen LogP contribution in [0.5, 0.6) is 5.75 Å². The third-order valence-corrected chi connectivity index (χ3v) is 1.83. The molecule has 0 aliphatic rings. The van der Waals surface area contributed by atoms with Crippen molar-refractivity contribution >= 4 is 5.97 Å². The Morgan fingerprint density at radius 1 is 1.43 bits per heavy atom. The zero-order chi connectivity index (χ0) is 10.6. The third-order valence-electron chi connectivity index (χ3n) is 1.83. The summed E-state index contributed by atoms with van der Waals surface area (Å²) in [6.07, 6.45) is 1.36. The number of nitrogens with zero attached hydrogens (tertiary/aromatic N) is 1. The molecule has 1 rings (SSSR count). The number of aliphatic carboxylic acids is 1. The van der Waals surface area contributed by atoms with Gasteiger partial charge >= 0.3 is 5.97 Å². The number of aromatic nitrogens is 1. The lowest BCUT2D eigenvalue weighted by atomic mass is 10.3. The number of aryl methyl sites for hydroxylation is 1. The van der Waals surface area contributed by atoms with E-state index in [0.29, 0.717) is 5.69 Å². The van der Waals surface area contributed by atoms with E-state index in [-0.39, 0.29) is 25.3 Å². The van der Waals surface area contributed by atoms with Crippen LogP contribution in [0.25, 0.3) is 0 Å². The standard InChI is InChI=1S/C9H11NO4/c11-6-7-1-2-8(12)5-10(7)4-3-9(13)14/h1-2,5,11H,3-4,6H2,(H-,12,13,14)/p+1. The molecule has 1 aromatic rings. The number of carboxylic acids is 1. The quantitative estimate of drug-likeness (QED) is 0.577. The minimum absolute atomic E-state index is 0.0406. The molecule has 5 nitrogen and oxygen atoms in total. The van der Waals surface area contributed by atoms with E-state index in [1.165, 1.54) is 16.8 Å². The largest absolute Gasteiger partial charge is 0.503 e. The molecule has 1 heterocycles. The van der Waals surface area contributed by atoms with Gasteiger partial charge in [0.1, 0.15) is 13.0 Å². The van der Waals surface area contributed by atoms with Crippen molar-refractivity contribution in [2.24, 2.45) is 0 Å². The molecule has 0 bridgehead atoms. The lowest BCUT2D eigenvalue weighted by molar-refractivity contribution is -0.705.